The molecule has 13 aromatic rings. The van der Waals surface area contributed by atoms with Gasteiger partial charge in [0.25, 0.3) is 0 Å². The van der Waals surface area contributed by atoms with E-state index in [0.717, 1.165) is 129 Å². The largest absolute Gasteiger partial charge is 0.453 e. The first kappa shape index (κ1) is 40.9. The molecule has 0 aliphatic carbocycles. The molecule has 15 rings (SSSR count). The summed E-state index contributed by atoms with van der Waals surface area (Å²) in [5.41, 5.74) is 14.0. The van der Waals surface area contributed by atoms with E-state index >= 15 is 0 Å². The molecule has 2 aliphatic rings. The van der Waals surface area contributed by atoms with Crippen LogP contribution in [0.15, 0.2) is 237 Å². The number of pyridine rings is 2. The minimum absolute atomic E-state index is 0.692. The van der Waals surface area contributed by atoms with E-state index in [9.17, 15) is 0 Å². The van der Waals surface area contributed by atoms with Crippen molar-refractivity contribution < 1.29 is 9.47 Å². The van der Waals surface area contributed by atoms with Gasteiger partial charge in [0.2, 0.25) is 0 Å². The summed E-state index contributed by atoms with van der Waals surface area (Å²) < 4.78 is 18.5. The lowest BCUT2D eigenvalue weighted by molar-refractivity contribution is 0.476. The predicted octanol–water partition coefficient (Wildman–Crippen LogP) is 17.5. The van der Waals surface area contributed by atoms with E-state index in [1.807, 2.05) is 48.5 Å². The lowest BCUT2D eigenvalue weighted by Gasteiger charge is -2.38. The van der Waals surface area contributed by atoms with Crippen molar-refractivity contribution in [2.45, 2.75) is 6.92 Å². The Balaban J connectivity index is 1.26. The Morgan fingerprint density at radius 2 is 0.658 bits per heavy atom. The zero-order valence-electron chi connectivity index (χ0n) is 39.5. The Hall–Kier alpha value is -9.92. The van der Waals surface area contributed by atoms with Gasteiger partial charge in [-0.25, -0.2) is 4.98 Å². The highest BCUT2D eigenvalue weighted by atomic mass is 16.5. The van der Waals surface area contributed by atoms with Gasteiger partial charge in [-0.3, -0.25) is 14.8 Å². The molecule has 0 radical (unpaired) electrons. The summed E-state index contributed by atoms with van der Waals surface area (Å²) in [5.74, 6) is 4.26. The Morgan fingerprint density at radius 1 is 0.315 bits per heavy atom. The quantitative estimate of drug-likeness (QED) is 0.166. The highest BCUT2D eigenvalue weighted by Gasteiger charge is 2.39. The van der Waals surface area contributed by atoms with E-state index in [1.54, 1.807) is 0 Å². The Bertz CT molecular complexity index is 3970. The molecule has 0 amide bonds. The molecule has 4 aromatic heterocycles. The molecule has 73 heavy (non-hydrogen) atoms. The number of rotatable bonds is 6. The minimum atomic E-state index is 0.692. The second-order valence-electron chi connectivity index (χ2n) is 18.5. The first-order chi connectivity index (χ1) is 36.2. The lowest BCUT2D eigenvalue weighted by Crippen LogP contribution is -2.24. The molecule has 9 aromatic carbocycles. The SMILES string of the molecule is Cc1cccc(-c2ccccc2-c2c(-n3c4ccccc4c4ccccc43)c(N3c4ccccc4Oc4ccccc43)nc(N3c4ccccc4Oc4ccccc43)c2-n2c3ccccc3c3ccccc32)n1. The maximum absolute atomic E-state index is 6.81. The van der Waals surface area contributed by atoms with Gasteiger partial charge in [-0.1, -0.05) is 152 Å². The third-order valence-corrected chi connectivity index (χ3v) is 14.4. The maximum Gasteiger partial charge on any atom is 0.165 e. The molecule has 0 N–H and O–H groups in total. The lowest BCUT2D eigenvalue weighted by atomic mass is 9.93. The summed E-state index contributed by atoms with van der Waals surface area (Å²) in [6, 6.07) is 83.1. The van der Waals surface area contributed by atoms with E-state index in [-0.39, 0.29) is 0 Å². The van der Waals surface area contributed by atoms with Crippen molar-refractivity contribution in [3.05, 3.63) is 242 Å². The van der Waals surface area contributed by atoms with Gasteiger partial charge >= 0.3 is 0 Å². The fourth-order valence-corrected chi connectivity index (χ4v) is 11.3. The van der Waals surface area contributed by atoms with Crippen LogP contribution in [-0.2, 0) is 0 Å². The van der Waals surface area contributed by atoms with Gasteiger partial charge in [-0.15, -0.1) is 0 Å². The van der Waals surface area contributed by atoms with Gasteiger partial charge < -0.3 is 18.6 Å². The van der Waals surface area contributed by atoms with Crippen LogP contribution in [-0.4, -0.2) is 19.1 Å². The molecule has 0 spiro atoms. The van der Waals surface area contributed by atoms with Crippen LogP contribution in [0.3, 0.4) is 0 Å². The fraction of sp³-hybridized carbons (Fsp3) is 0.0154. The zero-order chi connectivity index (χ0) is 48.1. The van der Waals surface area contributed by atoms with Crippen molar-refractivity contribution in [3.8, 4) is 56.8 Å². The minimum Gasteiger partial charge on any atom is -0.453 e. The normalized spacial score (nSPS) is 12.6. The molecular formula is C65H42N6O2. The third kappa shape index (κ3) is 6.14. The Morgan fingerprint density at radius 3 is 1.05 bits per heavy atom. The smallest absolute Gasteiger partial charge is 0.165 e. The van der Waals surface area contributed by atoms with Crippen molar-refractivity contribution >= 4 is 78.0 Å². The monoisotopic (exact) mass is 938 g/mol. The number of para-hydroxylation sites is 12. The van der Waals surface area contributed by atoms with Crippen LogP contribution in [0.4, 0.5) is 34.4 Å². The molecule has 2 aliphatic heterocycles. The number of nitrogens with zero attached hydrogens (tertiary/aromatic N) is 6. The number of aromatic nitrogens is 4. The summed E-state index contributed by atoms with van der Waals surface area (Å²) >= 11 is 0. The van der Waals surface area contributed by atoms with Gasteiger partial charge in [0, 0.05) is 38.4 Å². The summed E-state index contributed by atoms with van der Waals surface area (Å²) in [5, 5.41) is 4.52. The van der Waals surface area contributed by atoms with E-state index in [2.05, 4.69) is 214 Å². The fourth-order valence-electron chi connectivity index (χ4n) is 11.3. The van der Waals surface area contributed by atoms with Gasteiger partial charge in [-0.2, -0.15) is 0 Å². The van der Waals surface area contributed by atoms with Gasteiger partial charge in [0.1, 0.15) is 11.4 Å². The average Bonchev–Trinajstić information content (AvgIpc) is 3.96. The number of hydrogen-bond donors (Lipinski definition) is 0. The highest BCUT2D eigenvalue weighted by Crippen LogP contribution is 2.59. The molecule has 8 heteroatoms. The average molecular weight is 939 g/mol. The topological polar surface area (TPSA) is 60.6 Å². The Kier molecular flexibility index (Phi) is 9.00. The molecule has 6 heterocycles. The van der Waals surface area contributed by atoms with Crippen molar-refractivity contribution in [1.82, 2.24) is 19.1 Å². The van der Waals surface area contributed by atoms with E-state index < -0.39 is 0 Å². The summed E-state index contributed by atoms with van der Waals surface area (Å²) in [6.07, 6.45) is 0. The molecular weight excluding hydrogens is 897 g/mol. The van der Waals surface area contributed by atoms with Gasteiger partial charge in [0.05, 0.1) is 50.5 Å². The molecule has 0 fully saturated rings. The van der Waals surface area contributed by atoms with Crippen LogP contribution < -0.4 is 19.3 Å². The van der Waals surface area contributed by atoms with E-state index in [1.165, 1.54) is 0 Å². The van der Waals surface area contributed by atoms with E-state index in [0.29, 0.717) is 11.6 Å². The molecule has 0 atom stereocenters. The van der Waals surface area contributed by atoms with Crippen molar-refractivity contribution in [2.75, 3.05) is 9.80 Å². The number of hydrogen-bond acceptors (Lipinski definition) is 6. The highest BCUT2D eigenvalue weighted by molar-refractivity contribution is 6.15. The van der Waals surface area contributed by atoms with Crippen LogP contribution in [0.25, 0.3) is 77.4 Å². The summed E-state index contributed by atoms with van der Waals surface area (Å²) in [7, 11) is 0. The molecule has 344 valence electrons. The van der Waals surface area contributed by atoms with Crippen LogP contribution in [0.2, 0.25) is 0 Å². The van der Waals surface area contributed by atoms with Crippen molar-refractivity contribution in [3.63, 3.8) is 0 Å². The number of benzene rings is 9. The standard InChI is InChI=1S/C65H42N6O2/c1-41-21-20-28-48(66-41)42-22-2-3-27-47(42)61-62(68-49-29-8-4-23-43(49)44-24-5-9-30-50(44)68)64(70-53-33-12-16-37-57(53)72-58-38-17-13-34-54(58)70)67-65(71-55-35-14-18-39-59(55)73-60-40-19-15-36-56(60)71)63(61)69-51-31-10-6-25-45(51)46-26-7-11-32-52(46)69/h2-40H,1H3. The predicted molar refractivity (Wildman–Crippen MR) is 296 cm³/mol. The van der Waals surface area contributed by atoms with Crippen LogP contribution in [0.5, 0.6) is 23.0 Å². The third-order valence-electron chi connectivity index (χ3n) is 14.4. The molecule has 0 saturated carbocycles. The first-order valence-electron chi connectivity index (χ1n) is 24.6. The number of aryl methyl sites for hydroxylation is 1. The molecule has 8 nitrogen and oxygen atoms in total. The maximum atomic E-state index is 6.81. The van der Waals surface area contributed by atoms with Crippen LogP contribution in [0.1, 0.15) is 5.69 Å². The van der Waals surface area contributed by atoms with Crippen molar-refractivity contribution in [2.24, 2.45) is 0 Å². The van der Waals surface area contributed by atoms with Gasteiger partial charge in [-0.05, 0) is 97.4 Å². The molecule has 0 bridgehead atoms. The molecule has 0 unspecified atom stereocenters. The summed E-state index contributed by atoms with van der Waals surface area (Å²) in [4.78, 5) is 16.2. The number of fused-ring (bicyclic) bond motifs is 10. The number of ether oxygens (including phenoxy) is 2. The second kappa shape index (κ2) is 16.1. The van der Waals surface area contributed by atoms with Gasteiger partial charge in [0.15, 0.2) is 34.6 Å². The van der Waals surface area contributed by atoms with Crippen LogP contribution >= 0.6 is 0 Å². The Labute approximate surface area is 420 Å². The van der Waals surface area contributed by atoms with Crippen LogP contribution in [0, 0.1) is 6.92 Å². The zero-order valence-corrected chi connectivity index (χ0v) is 39.5. The van der Waals surface area contributed by atoms with Crippen molar-refractivity contribution in [1.29, 1.82) is 0 Å². The second-order valence-corrected chi connectivity index (χ2v) is 18.5. The summed E-state index contributed by atoms with van der Waals surface area (Å²) in [6.45, 7) is 2.06. The first-order valence-corrected chi connectivity index (χ1v) is 24.6. The molecule has 0 saturated heterocycles. The number of anilines is 6. The van der Waals surface area contributed by atoms with E-state index in [4.69, 9.17) is 19.4 Å².